The third kappa shape index (κ3) is 3.97. The lowest BCUT2D eigenvalue weighted by atomic mass is 10.2. The standard InChI is InChI=1S/C10H17ClO4/c1-3-13-9(12)4-5-10(2)14-7-8(6-11)15-10/h8H,3-7H2,1-2H3/t8-,10-/m1/s1. The number of hydrogen-bond acceptors (Lipinski definition) is 4. The summed E-state index contributed by atoms with van der Waals surface area (Å²) >= 11 is 5.65. The van der Waals surface area contributed by atoms with Gasteiger partial charge in [0.05, 0.1) is 31.6 Å². The Labute approximate surface area is 94.8 Å². The first-order valence-electron chi connectivity index (χ1n) is 5.13. The molecule has 1 saturated heterocycles. The zero-order valence-corrected chi connectivity index (χ0v) is 9.88. The summed E-state index contributed by atoms with van der Waals surface area (Å²) in [5, 5.41) is 0. The molecule has 1 aliphatic heterocycles. The molecule has 0 saturated carbocycles. The monoisotopic (exact) mass is 236 g/mol. The van der Waals surface area contributed by atoms with Crippen molar-refractivity contribution >= 4 is 17.6 Å². The Morgan fingerprint density at radius 1 is 1.67 bits per heavy atom. The Morgan fingerprint density at radius 3 is 2.93 bits per heavy atom. The molecule has 15 heavy (non-hydrogen) atoms. The smallest absolute Gasteiger partial charge is 0.305 e. The SMILES string of the molecule is CCOC(=O)CC[C@]1(C)OC[C@@H](CCl)O1. The van der Waals surface area contributed by atoms with Crippen molar-refractivity contribution in [2.45, 2.75) is 38.6 Å². The van der Waals surface area contributed by atoms with Gasteiger partial charge in [0.2, 0.25) is 0 Å². The fourth-order valence-electron chi connectivity index (χ4n) is 1.46. The van der Waals surface area contributed by atoms with Gasteiger partial charge in [-0.2, -0.15) is 0 Å². The first kappa shape index (κ1) is 12.7. The highest BCUT2D eigenvalue weighted by molar-refractivity contribution is 6.18. The molecule has 0 aromatic heterocycles. The zero-order valence-electron chi connectivity index (χ0n) is 9.12. The summed E-state index contributed by atoms with van der Waals surface area (Å²) in [5.74, 6) is -0.498. The Bertz CT molecular complexity index is 221. The van der Waals surface area contributed by atoms with Gasteiger partial charge in [-0.15, -0.1) is 11.6 Å². The van der Waals surface area contributed by atoms with Crippen LogP contribution in [-0.4, -0.2) is 37.0 Å². The minimum absolute atomic E-state index is 0.0705. The van der Waals surface area contributed by atoms with Crippen molar-refractivity contribution in [1.29, 1.82) is 0 Å². The molecular weight excluding hydrogens is 220 g/mol. The quantitative estimate of drug-likeness (QED) is 0.538. The minimum Gasteiger partial charge on any atom is -0.466 e. The average molecular weight is 237 g/mol. The minimum atomic E-state index is -0.688. The van der Waals surface area contributed by atoms with E-state index >= 15 is 0 Å². The average Bonchev–Trinajstić information content (AvgIpc) is 2.59. The second-order valence-corrected chi connectivity index (χ2v) is 3.95. The van der Waals surface area contributed by atoms with Gasteiger partial charge in [-0.25, -0.2) is 0 Å². The molecule has 1 aliphatic rings. The molecule has 0 radical (unpaired) electrons. The van der Waals surface area contributed by atoms with Crippen molar-refractivity contribution < 1.29 is 19.0 Å². The number of halogens is 1. The Morgan fingerprint density at radius 2 is 2.40 bits per heavy atom. The van der Waals surface area contributed by atoms with Crippen LogP contribution in [0.4, 0.5) is 0 Å². The summed E-state index contributed by atoms with van der Waals surface area (Å²) in [7, 11) is 0. The molecular formula is C10H17ClO4. The fraction of sp³-hybridized carbons (Fsp3) is 0.900. The van der Waals surface area contributed by atoms with Crippen molar-refractivity contribution in [3.63, 3.8) is 0 Å². The highest BCUT2D eigenvalue weighted by Crippen LogP contribution is 2.28. The summed E-state index contributed by atoms with van der Waals surface area (Å²) in [6.45, 7) is 4.49. The van der Waals surface area contributed by atoms with Crippen molar-refractivity contribution in [3.8, 4) is 0 Å². The number of carbonyl (C=O) groups excluding carboxylic acids is 1. The summed E-state index contributed by atoms with van der Waals surface area (Å²) < 4.78 is 15.8. The Hall–Kier alpha value is -0.320. The Balaban J connectivity index is 2.29. The van der Waals surface area contributed by atoms with Crippen LogP contribution in [-0.2, 0) is 19.0 Å². The maximum absolute atomic E-state index is 11.1. The largest absolute Gasteiger partial charge is 0.466 e. The number of esters is 1. The van der Waals surface area contributed by atoms with Crippen LogP contribution in [0.15, 0.2) is 0 Å². The summed E-state index contributed by atoms with van der Waals surface area (Å²) in [4.78, 5) is 11.1. The van der Waals surface area contributed by atoms with Gasteiger partial charge in [0, 0.05) is 6.42 Å². The molecule has 0 unspecified atom stereocenters. The van der Waals surface area contributed by atoms with E-state index in [1.165, 1.54) is 0 Å². The molecule has 5 heteroatoms. The third-order valence-electron chi connectivity index (χ3n) is 2.25. The molecule has 0 aromatic rings. The van der Waals surface area contributed by atoms with E-state index in [0.717, 1.165) is 0 Å². The van der Waals surface area contributed by atoms with E-state index in [4.69, 9.17) is 25.8 Å². The summed E-state index contributed by atoms with van der Waals surface area (Å²) in [5.41, 5.74) is 0. The molecule has 0 N–H and O–H groups in total. The van der Waals surface area contributed by atoms with Crippen LogP contribution in [0, 0.1) is 0 Å². The highest BCUT2D eigenvalue weighted by atomic mass is 35.5. The highest BCUT2D eigenvalue weighted by Gasteiger charge is 2.36. The van der Waals surface area contributed by atoms with Gasteiger partial charge < -0.3 is 14.2 Å². The maximum Gasteiger partial charge on any atom is 0.305 e. The predicted molar refractivity (Wildman–Crippen MR) is 55.8 cm³/mol. The van der Waals surface area contributed by atoms with Gasteiger partial charge in [-0.3, -0.25) is 4.79 Å². The van der Waals surface area contributed by atoms with Crippen LogP contribution in [0.25, 0.3) is 0 Å². The number of alkyl halides is 1. The lowest BCUT2D eigenvalue weighted by Gasteiger charge is -2.22. The Kier molecular flexibility index (Phi) is 4.83. The lowest BCUT2D eigenvalue weighted by Crippen LogP contribution is -2.28. The molecule has 2 atom stereocenters. The van der Waals surface area contributed by atoms with Crippen LogP contribution in [0.5, 0.6) is 0 Å². The van der Waals surface area contributed by atoms with Crippen molar-refractivity contribution in [2.24, 2.45) is 0 Å². The van der Waals surface area contributed by atoms with Gasteiger partial charge in [0.1, 0.15) is 0 Å². The van der Waals surface area contributed by atoms with Crippen molar-refractivity contribution in [2.75, 3.05) is 19.1 Å². The van der Waals surface area contributed by atoms with Crippen molar-refractivity contribution in [3.05, 3.63) is 0 Å². The van der Waals surface area contributed by atoms with Gasteiger partial charge in [0.15, 0.2) is 5.79 Å². The summed E-state index contributed by atoms with van der Waals surface area (Å²) in [6.07, 6.45) is 0.734. The molecule has 0 aliphatic carbocycles. The van der Waals surface area contributed by atoms with E-state index in [0.29, 0.717) is 31.9 Å². The third-order valence-corrected chi connectivity index (χ3v) is 2.60. The van der Waals surface area contributed by atoms with E-state index < -0.39 is 5.79 Å². The van der Waals surface area contributed by atoms with Gasteiger partial charge in [0.25, 0.3) is 0 Å². The van der Waals surface area contributed by atoms with Gasteiger partial charge in [-0.1, -0.05) is 0 Å². The summed E-state index contributed by atoms with van der Waals surface area (Å²) in [6, 6.07) is 0. The van der Waals surface area contributed by atoms with Crippen LogP contribution >= 0.6 is 11.6 Å². The van der Waals surface area contributed by atoms with Crippen LogP contribution < -0.4 is 0 Å². The topological polar surface area (TPSA) is 44.8 Å². The maximum atomic E-state index is 11.1. The van der Waals surface area contributed by atoms with Crippen LogP contribution in [0.2, 0.25) is 0 Å². The number of carbonyl (C=O) groups is 1. The van der Waals surface area contributed by atoms with Crippen LogP contribution in [0.1, 0.15) is 26.7 Å². The number of rotatable bonds is 5. The second kappa shape index (κ2) is 5.68. The molecule has 1 rings (SSSR count). The fourth-order valence-corrected chi connectivity index (χ4v) is 1.61. The van der Waals surface area contributed by atoms with Gasteiger partial charge in [-0.05, 0) is 13.8 Å². The van der Waals surface area contributed by atoms with E-state index in [-0.39, 0.29) is 12.1 Å². The van der Waals surface area contributed by atoms with Crippen molar-refractivity contribution in [1.82, 2.24) is 0 Å². The molecule has 0 aromatic carbocycles. The van der Waals surface area contributed by atoms with E-state index in [9.17, 15) is 4.79 Å². The molecule has 0 spiro atoms. The zero-order chi connectivity index (χ0) is 11.3. The number of hydrogen-bond donors (Lipinski definition) is 0. The molecule has 88 valence electrons. The van der Waals surface area contributed by atoms with E-state index in [1.54, 1.807) is 6.92 Å². The molecule has 1 heterocycles. The van der Waals surface area contributed by atoms with Gasteiger partial charge >= 0.3 is 5.97 Å². The van der Waals surface area contributed by atoms with Crippen LogP contribution in [0.3, 0.4) is 0 Å². The normalized spacial score (nSPS) is 30.5. The second-order valence-electron chi connectivity index (χ2n) is 3.64. The molecule has 0 bridgehead atoms. The lowest BCUT2D eigenvalue weighted by molar-refractivity contribution is -0.166. The first-order chi connectivity index (χ1) is 7.09. The number of ether oxygens (including phenoxy) is 3. The molecule has 4 nitrogen and oxygen atoms in total. The van der Waals surface area contributed by atoms with E-state index in [1.807, 2.05) is 6.92 Å². The first-order valence-corrected chi connectivity index (χ1v) is 5.66. The predicted octanol–water partition coefficient (Wildman–Crippen LogP) is 1.70. The molecule has 1 fully saturated rings. The molecule has 0 amide bonds. The van der Waals surface area contributed by atoms with E-state index in [2.05, 4.69) is 0 Å².